The Bertz CT molecular complexity index is 463. The summed E-state index contributed by atoms with van der Waals surface area (Å²) in [5.41, 5.74) is 2.24. The zero-order valence-electron chi connectivity index (χ0n) is 13.7. The highest BCUT2D eigenvalue weighted by molar-refractivity contribution is 5.56. The number of benzene rings is 1. The summed E-state index contributed by atoms with van der Waals surface area (Å²) in [6.45, 7) is 10.6. The number of likely N-dealkylation sites (N-methyl/N-ethyl adjacent to an activating group) is 1. The maximum atomic E-state index is 13.7. The van der Waals surface area contributed by atoms with Crippen molar-refractivity contribution in [2.75, 3.05) is 38.1 Å². The standard InChI is InChI=1S/C17H28FN3/c1-5-8-19-14(3)16-11-15(18)6-7-17(16)21-10-9-20(4)12-13(21)2/h6-7,11,13-14,19H,5,8-10,12H2,1-4H3. The first-order valence-corrected chi connectivity index (χ1v) is 8.01. The lowest BCUT2D eigenvalue weighted by Gasteiger charge is -2.41. The van der Waals surface area contributed by atoms with Crippen molar-refractivity contribution in [2.24, 2.45) is 0 Å². The van der Waals surface area contributed by atoms with Crippen molar-refractivity contribution in [1.82, 2.24) is 10.2 Å². The first kappa shape index (κ1) is 16.2. The van der Waals surface area contributed by atoms with Crippen LogP contribution in [0.15, 0.2) is 18.2 Å². The molecule has 2 unspecified atom stereocenters. The van der Waals surface area contributed by atoms with Crippen LogP contribution < -0.4 is 10.2 Å². The van der Waals surface area contributed by atoms with Gasteiger partial charge in [-0.1, -0.05) is 6.92 Å². The maximum Gasteiger partial charge on any atom is 0.123 e. The Balaban J connectivity index is 2.26. The summed E-state index contributed by atoms with van der Waals surface area (Å²) in [5, 5.41) is 3.48. The lowest BCUT2D eigenvalue weighted by Crippen LogP contribution is -2.51. The minimum absolute atomic E-state index is 0.152. The third-order valence-corrected chi connectivity index (χ3v) is 4.30. The lowest BCUT2D eigenvalue weighted by atomic mass is 10.0. The second kappa shape index (κ2) is 7.23. The van der Waals surface area contributed by atoms with Gasteiger partial charge in [0.2, 0.25) is 0 Å². The van der Waals surface area contributed by atoms with Crippen LogP contribution in [-0.4, -0.2) is 44.2 Å². The molecule has 0 amide bonds. The van der Waals surface area contributed by atoms with Crippen molar-refractivity contribution < 1.29 is 4.39 Å². The molecule has 118 valence electrons. The summed E-state index contributed by atoms with van der Waals surface area (Å²) in [6, 6.07) is 5.83. The molecule has 0 bridgehead atoms. The van der Waals surface area contributed by atoms with E-state index in [0.717, 1.165) is 38.2 Å². The normalized spacial score (nSPS) is 21.6. The number of nitrogens with zero attached hydrogens (tertiary/aromatic N) is 2. The molecule has 1 heterocycles. The van der Waals surface area contributed by atoms with E-state index in [-0.39, 0.29) is 11.9 Å². The van der Waals surface area contributed by atoms with E-state index >= 15 is 0 Å². The van der Waals surface area contributed by atoms with Gasteiger partial charge in [-0.25, -0.2) is 4.39 Å². The SMILES string of the molecule is CCCNC(C)c1cc(F)ccc1N1CCN(C)CC1C. The molecule has 1 aromatic rings. The third kappa shape index (κ3) is 3.95. The van der Waals surface area contributed by atoms with Gasteiger partial charge in [-0.3, -0.25) is 0 Å². The number of anilines is 1. The Morgan fingerprint density at radius 1 is 1.38 bits per heavy atom. The van der Waals surface area contributed by atoms with Gasteiger partial charge in [0.1, 0.15) is 5.82 Å². The molecule has 3 nitrogen and oxygen atoms in total. The zero-order chi connectivity index (χ0) is 15.4. The average molecular weight is 293 g/mol. The number of piperazine rings is 1. The predicted octanol–water partition coefficient (Wildman–Crippen LogP) is 3.03. The Kier molecular flexibility index (Phi) is 5.59. The topological polar surface area (TPSA) is 18.5 Å². The minimum Gasteiger partial charge on any atom is -0.366 e. The first-order valence-electron chi connectivity index (χ1n) is 8.01. The molecule has 0 aliphatic carbocycles. The third-order valence-electron chi connectivity index (χ3n) is 4.30. The predicted molar refractivity (Wildman–Crippen MR) is 87.4 cm³/mol. The fourth-order valence-electron chi connectivity index (χ4n) is 3.10. The van der Waals surface area contributed by atoms with Crippen molar-refractivity contribution >= 4 is 5.69 Å². The van der Waals surface area contributed by atoms with Gasteiger partial charge in [-0.15, -0.1) is 0 Å². The van der Waals surface area contributed by atoms with Crippen LogP contribution in [-0.2, 0) is 0 Å². The molecule has 2 atom stereocenters. The molecule has 0 radical (unpaired) electrons. The Labute approximate surface area is 128 Å². The highest BCUT2D eigenvalue weighted by Gasteiger charge is 2.25. The molecule has 21 heavy (non-hydrogen) atoms. The fraction of sp³-hybridized carbons (Fsp3) is 0.647. The van der Waals surface area contributed by atoms with Gasteiger partial charge < -0.3 is 15.1 Å². The summed E-state index contributed by atoms with van der Waals surface area (Å²) < 4.78 is 13.7. The largest absolute Gasteiger partial charge is 0.366 e. The van der Waals surface area contributed by atoms with E-state index in [0.29, 0.717) is 6.04 Å². The van der Waals surface area contributed by atoms with Crippen LogP contribution in [0.25, 0.3) is 0 Å². The smallest absolute Gasteiger partial charge is 0.123 e. The Morgan fingerprint density at radius 2 is 2.14 bits per heavy atom. The van der Waals surface area contributed by atoms with Gasteiger partial charge in [0.25, 0.3) is 0 Å². The van der Waals surface area contributed by atoms with Crippen LogP contribution >= 0.6 is 0 Å². The van der Waals surface area contributed by atoms with Gasteiger partial charge in [0.15, 0.2) is 0 Å². The van der Waals surface area contributed by atoms with Gasteiger partial charge in [-0.2, -0.15) is 0 Å². The molecule has 1 aliphatic heterocycles. The molecule has 0 aromatic heterocycles. The minimum atomic E-state index is -0.152. The summed E-state index contributed by atoms with van der Waals surface area (Å²) in [6.07, 6.45) is 1.08. The highest BCUT2D eigenvalue weighted by Crippen LogP contribution is 2.30. The van der Waals surface area contributed by atoms with E-state index in [1.165, 1.54) is 5.69 Å². The average Bonchev–Trinajstić information content (AvgIpc) is 2.45. The molecular formula is C17H28FN3. The molecule has 4 heteroatoms. The summed E-state index contributed by atoms with van der Waals surface area (Å²) in [4.78, 5) is 4.77. The Hall–Kier alpha value is -1.13. The van der Waals surface area contributed by atoms with Crippen LogP contribution in [0.5, 0.6) is 0 Å². The van der Waals surface area contributed by atoms with Crippen molar-refractivity contribution in [3.8, 4) is 0 Å². The van der Waals surface area contributed by atoms with Crippen LogP contribution in [0.3, 0.4) is 0 Å². The van der Waals surface area contributed by atoms with Gasteiger partial charge in [-0.05, 0) is 57.6 Å². The molecule has 1 aromatic carbocycles. The molecule has 0 spiro atoms. The highest BCUT2D eigenvalue weighted by atomic mass is 19.1. The van der Waals surface area contributed by atoms with Crippen molar-refractivity contribution in [3.63, 3.8) is 0 Å². The van der Waals surface area contributed by atoms with Gasteiger partial charge in [0.05, 0.1) is 0 Å². The van der Waals surface area contributed by atoms with Gasteiger partial charge in [0, 0.05) is 37.4 Å². The Morgan fingerprint density at radius 3 is 2.81 bits per heavy atom. The number of hydrogen-bond acceptors (Lipinski definition) is 3. The quantitative estimate of drug-likeness (QED) is 0.900. The van der Waals surface area contributed by atoms with Crippen molar-refractivity contribution in [3.05, 3.63) is 29.6 Å². The molecular weight excluding hydrogens is 265 g/mol. The second-order valence-electron chi connectivity index (χ2n) is 6.18. The zero-order valence-corrected chi connectivity index (χ0v) is 13.7. The molecule has 2 rings (SSSR count). The number of halogens is 1. The van der Waals surface area contributed by atoms with E-state index in [2.05, 4.69) is 42.9 Å². The van der Waals surface area contributed by atoms with Crippen LogP contribution in [0.2, 0.25) is 0 Å². The van der Waals surface area contributed by atoms with E-state index in [1.54, 1.807) is 12.1 Å². The molecule has 1 aliphatic rings. The van der Waals surface area contributed by atoms with E-state index in [1.807, 2.05) is 6.07 Å². The van der Waals surface area contributed by atoms with Crippen LogP contribution in [0, 0.1) is 5.82 Å². The molecule has 0 saturated carbocycles. The number of nitrogens with one attached hydrogen (secondary N) is 1. The van der Waals surface area contributed by atoms with E-state index in [9.17, 15) is 4.39 Å². The maximum absolute atomic E-state index is 13.7. The van der Waals surface area contributed by atoms with E-state index in [4.69, 9.17) is 0 Å². The molecule has 1 saturated heterocycles. The summed E-state index contributed by atoms with van der Waals surface area (Å²) in [7, 11) is 2.16. The molecule has 1 N–H and O–H groups in total. The lowest BCUT2D eigenvalue weighted by molar-refractivity contribution is 0.275. The monoisotopic (exact) mass is 293 g/mol. The molecule has 1 fully saturated rings. The van der Waals surface area contributed by atoms with Crippen LogP contribution in [0.1, 0.15) is 38.8 Å². The van der Waals surface area contributed by atoms with E-state index < -0.39 is 0 Å². The van der Waals surface area contributed by atoms with Crippen molar-refractivity contribution in [1.29, 1.82) is 0 Å². The van der Waals surface area contributed by atoms with Crippen LogP contribution in [0.4, 0.5) is 10.1 Å². The summed E-state index contributed by atoms with van der Waals surface area (Å²) >= 11 is 0. The number of hydrogen-bond donors (Lipinski definition) is 1. The van der Waals surface area contributed by atoms with Gasteiger partial charge >= 0.3 is 0 Å². The van der Waals surface area contributed by atoms with Crippen molar-refractivity contribution in [2.45, 2.75) is 39.3 Å². The fourth-order valence-corrected chi connectivity index (χ4v) is 3.10. The number of rotatable bonds is 5. The second-order valence-corrected chi connectivity index (χ2v) is 6.18. The summed E-state index contributed by atoms with van der Waals surface area (Å²) in [5.74, 6) is -0.152. The first-order chi connectivity index (χ1) is 10.0.